The van der Waals surface area contributed by atoms with Crippen LogP contribution in [0.15, 0.2) is 48.5 Å². The number of carbonyl (C=O) groups excluding carboxylic acids is 2. The number of rotatable bonds is 8. The molecule has 2 atom stereocenters. The van der Waals surface area contributed by atoms with Crippen molar-refractivity contribution in [3.63, 3.8) is 0 Å². The number of hydrogen-bond donors (Lipinski definition) is 2. The molecule has 35 heavy (non-hydrogen) atoms. The molecule has 0 spiro atoms. The van der Waals surface area contributed by atoms with Crippen LogP contribution in [-0.4, -0.2) is 66.9 Å². The Hall–Kier alpha value is -3.39. The fourth-order valence-electron chi connectivity index (χ4n) is 6.05. The molecule has 5 rings (SSSR count). The molecule has 2 aromatic carbocycles. The molecule has 3 aliphatic rings. The van der Waals surface area contributed by atoms with E-state index in [1.54, 1.807) is 4.90 Å². The van der Waals surface area contributed by atoms with Crippen molar-refractivity contribution in [1.82, 2.24) is 10.2 Å². The van der Waals surface area contributed by atoms with E-state index in [1.807, 2.05) is 24.3 Å². The molecule has 0 aromatic heterocycles. The largest absolute Gasteiger partial charge is 0.481 e. The normalized spacial score (nSPS) is 22.4. The fourth-order valence-corrected chi connectivity index (χ4v) is 6.05. The van der Waals surface area contributed by atoms with E-state index in [-0.39, 0.29) is 44.2 Å². The Kier molecular flexibility index (Phi) is 6.47. The Bertz CT molecular complexity index is 1090. The maximum Gasteiger partial charge on any atom is 0.407 e. The second kappa shape index (κ2) is 9.70. The summed E-state index contributed by atoms with van der Waals surface area (Å²) >= 11 is 0. The Morgan fingerprint density at radius 2 is 1.71 bits per heavy atom. The molecule has 1 saturated carbocycles. The van der Waals surface area contributed by atoms with E-state index < -0.39 is 17.5 Å². The molecule has 0 bridgehead atoms. The maximum atomic E-state index is 12.6. The predicted octanol–water partition coefficient (Wildman–Crippen LogP) is 3.40. The van der Waals surface area contributed by atoms with Crippen LogP contribution in [0.3, 0.4) is 0 Å². The number of amides is 2. The van der Waals surface area contributed by atoms with Gasteiger partial charge < -0.3 is 24.8 Å². The summed E-state index contributed by atoms with van der Waals surface area (Å²) in [5.41, 5.74) is 3.86. The van der Waals surface area contributed by atoms with Gasteiger partial charge in [0.05, 0.1) is 12.0 Å². The molecule has 1 saturated heterocycles. The zero-order valence-electron chi connectivity index (χ0n) is 19.6. The quantitative estimate of drug-likeness (QED) is 0.564. The van der Waals surface area contributed by atoms with Gasteiger partial charge in [-0.25, -0.2) is 4.79 Å². The van der Waals surface area contributed by atoms with Gasteiger partial charge in [-0.15, -0.1) is 0 Å². The number of likely N-dealkylation sites (tertiary alicyclic amines) is 1. The molecular weight excluding hydrogens is 448 g/mol. The minimum absolute atomic E-state index is 0.00371. The first-order valence-electron chi connectivity index (χ1n) is 12.2. The van der Waals surface area contributed by atoms with Gasteiger partial charge in [-0.2, -0.15) is 0 Å². The Morgan fingerprint density at radius 3 is 2.40 bits per heavy atom. The smallest absolute Gasteiger partial charge is 0.407 e. The molecule has 8 heteroatoms. The third kappa shape index (κ3) is 4.27. The minimum atomic E-state index is -0.802. The third-order valence-electron chi connectivity index (χ3n) is 7.74. The maximum absolute atomic E-state index is 12.6. The highest BCUT2D eigenvalue weighted by molar-refractivity contribution is 5.83. The standard InChI is InChI=1S/C27H30N2O6/c30-24(29-14-12-27(25(31)32)11-5-10-23(27)29)17-34-15-13-28-26(33)35-16-22-20-8-3-1-6-18(20)19-7-2-4-9-21(19)22/h1-4,6-9,22-23H,5,10-17H2,(H,28,33)(H,31,32). The number of carboxylic acids is 1. The number of aliphatic carboxylic acids is 1. The number of benzene rings is 2. The first-order chi connectivity index (χ1) is 17.0. The molecule has 2 amide bonds. The minimum Gasteiger partial charge on any atom is -0.481 e. The van der Waals surface area contributed by atoms with Gasteiger partial charge in [0.25, 0.3) is 0 Å². The number of nitrogens with one attached hydrogen (secondary N) is 1. The van der Waals surface area contributed by atoms with Crippen LogP contribution in [0.5, 0.6) is 0 Å². The molecule has 184 valence electrons. The molecule has 1 aliphatic heterocycles. The van der Waals surface area contributed by atoms with E-state index in [0.717, 1.165) is 24.0 Å². The number of carboxylic acid groups (broad SMARTS) is 1. The highest BCUT2D eigenvalue weighted by Crippen LogP contribution is 2.49. The van der Waals surface area contributed by atoms with Crippen LogP contribution in [0.25, 0.3) is 11.1 Å². The Morgan fingerprint density at radius 1 is 1.03 bits per heavy atom. The van der Waals surface area contributed by atoms with Crippen LogP contribution < -0.4 is 5.32 Å². The van der Waals surface area contributed by atoms with Gasteiger partial charge in [0.1, 0.15) is 13.2 Å². The fraction of sp³-hybridized carbons (Fsp3) is 0.444. The molecule has 1 heterocycles. The summed E-state index contributed by atoms with van der Waals surface area (Å²) in [5, 5.41) is 12.3. The lowest BCUT2D eigenvalue weighted by molar-refractivity contribution is -0.150. The van der Waals surface area contributed by atoms with Crippen LogP contribution >= 0.6 is 0 Å². The molecule has 2 aromatic rings. The summed E-state index contributed by atoms with van der Waals surface area (Å²) in [6.07, 6.45) is 2.15. The van der Waals surface area contributed by atoms with Crippen molar-refractivity contribution in [1.29, 1.82) is 0 Å². The van der Waals surface area contributed by atoms with E-state index in [2.05, 4.69) is 29.6 Å². The van der Waals surface area contributed by atoms with Gasteiger partial charge in [0, 0.05) is 25.0 Å². The van der Waals surface area contributed by atoms with Gasteiger partial charge >= 0.3 is 12.1 Å². The summed E-state index contributed by atoms with van der Waals surface area (Å²) in [4.78, 5) is 38.3. The van der Waals surface area contributed by atoms with Gasteiger partial charge in [-0.1, -0.05) is 55.0 Å². The van der Waals surface area contributed by atoms with Crippen molar-refractivity contribution in [2.24, 2.45) is 5.41 Å². The van der Waals surface area contributed by atoms with Crippen molar-refractivity contribution in [2.75, 3.05) is 32.9 Å². The highest BCUT2D eigenvalue weighted by Gasteiger charge is 2.56. The average molecular weight is 479 g/mol. The van der Waals surface area contributed by atoms with Crippen LogP contribution in [0.4, 0.5) is 4.79 Å². The Labute approximate surface area is 204 Å². The van der Waals surface area contributed by atoms with Crippen LogP contribution in [0, 0.1) is 5.41 Å². The average Bonchev–Trinajstić information content (AvgIpc) is 3.53. The summed E-state index contributed by atoms with van der Waals surface area (Å²) in [5.74, 6) is -0.999. The van der Waals surface area contributed by atoms with Gasteiger partial charge in [0.2, 0.25) is 5.91 Å². The van der Waals surface area contributed by atoms with E-state index in [1.165, 1.54) is 11.1 Å². The van der Waals surface area contributed by atoms with Crippen molar-refractivity contribution in [2.45, 2.75) is 37.6 Å². The lowest BCUT2D eigenvalue weighted by Gasteiger charge is -2.28. The van der Waals surface area contributed by atoms with E-state index in [0.29, 0.717) is 19.4 Å². The zero-order chi connectivity index (χ0) is 24.4. The summed E-state index contributed by atoms with van der Waals surface area (Å²) in [6.45, 7) is 0.946. The molecule has 2 aliphatic carbocycles. The molecule has 2 fully saturated rings. The molecule has 2 unspecified atom stereocenters. The third-order valence-corrected chi connectivity index (χ3v) is 7.74. The number of carbonyl (C=O) groups is 3. The second-order valence-corrected chi connectivity index (χ2v) is 9.51. The number of fused-ring (bicyclic) bond motifs is 4. The monoisotopic (exact) mass is 478 g/mol. The molecule has 0 radical (unpaired) electrons. The number of alkyl carbamates (subject to hydrolysis) is 1. The van der Waals surface area contributed by atoms with E-state index in [4.69, 9.17) is 9.47 Å². The molecule has 2 N–H and O–H groups in total. The van der Waals surface area contributed by atoms with Gasteiger partial charge in [-0.05, 0) is 41.5 Å². The molecular formula is C27H30N2O6. The van der Waals surface area contributed by atoms with Crippen LogP contribution in [-0.2, 0) is 19.1 Å². The first-order valence-corrected chi connectivity index (χ1v) is 12.2. The van der Waals surface area contributed by atoms with E-state index >= 15 is 0 Å². The number of nitrogens with zero attached hydrogens (tertiary/aromatic N) is 1. The SMILES string of the molecule is O=C(NCCOCC(=O)N1CCC2(C(=O)O)CCCC12)OCC1c2ccccc2-c2ccccc21. The van der Waals surface area contributed by atoms with Crippen LogP contribution in [0.2, 0.25) is 0 Å². The van der Waals surface area contributed by atoms with Crippen molar-refractivity contribution < 1.29 is 29.0 Å². The van der Waals surface area contributed by atoms with Gasteiger partial charge in [0.15, 0.2) is 0 Å². The van der Waals surface area contributed by atoms with E-state index in [9.17, 15) is 19.5 Å². The lowest BCUT2D eigenvalue weighted by atomic mass is 9.82. The van der Waals surface area contributed by atoms with Crippen molar-refractivity contribution in [3.05, 3.63) is 59.7 Å². The number of hydrogen-bond acceptors (Lipinski definition) is 5. The lowest BCUT2D eigenvalue weighted by Crippen LogP contribution is -2.44. The summed E-state index contributed by atoms with van der Waals surface area (Å²) in [6, 6.07) is 16.1. The van der Waals surface area contributed by atoms with Crippen molar-refractivity contribution in [3.8, 4) is 11.1 Å². The number of ether oxygens (including phenoxy) is 2. The second-order valence-electron chi connectivity index (χ2n) is 9.51. The topological polar surface area (TPSA) is 105 Å². The zero-order valence-corrected chi connectivity index (χ0v) is 19.6. The summed E-state index contributed by atoms with van der Waals surface area (Å²) < 4.78 is 11.0. The predicted molar refractivity (Wildman–Crippen MR) is 128 cm³/mol. The Balaban J connectivity index is 1.04. The highest BCUT2D eigenvalue weighted by atomic mass is 16.5. The molecule has 8 nitrogen and oxygen atoms in total. The summed E-state index contributed by atoms with van der Waals surface area (Å²) in [7, 11) is 0. The van der Waals surface area contributed by atoms with Gasteiger partial charge in [-0.3, -0.25) is 9.59 Å². The van der Waals surface area contributed by atoms with Crippen molar-refractivity contribution >= 4 is 18.0 Å². The van der Waals surface area contributed by atoms with Crippen LogP contribution in [0.1, 0.15) is 42.7 Å². The first kappa shape index (κ1) is 23.4.